The first-order chi connectivity index (χ1) is 9.95. The number of nitrogens with zero attached hydrogens (tertiary/aromatic N) is 1. The van der Waals surface area contributed by atoms with E-state index in [4.69, 9.17) is 4.74 Å². The second-order valence-corrected chi connectivity index (χ2v) is 4.51. The predicted octanol–water partition coefficient (Wildman–Crippen LogP) is 0.854. The summed E-state index contributed by atoms with van der Waals surface area (Å²) in [6.45, 7) is 3.47. The Labute approximate surface area is 122 Å². The highest BCUT2D eigenvalue weighted by molar-refractivity contribution is 5.96. The molecule has 0 radical (unpaired) electrons. The standard InChI is InChI=1S/C14H18N2O5/c1-3-21-11(17)8-9(2)12(14(19)20)16-13(18)10-4-6-15-7-5-10/h4-7,9,12H,3,8H2,1-2H3,(H,16,18)(H,19,20)/t9-,12-/m0/s1. The Bertz CT molecular complexity index is 503. The number of hydrogen-bond acceptors (Lipinski definition) is 5. The number of rotatable bonds is 7. The number of carbonyl (C=O) groups excluding carboxylic acids is 2. The molecular formula is C14H18N2O5. The second kappa shape index (κ2) is 7.98. The van der Waals surface area contributed by atoms with E-state index < -0.39 is 29.8 Å². The summed E-state index contributed by atoms with van der Waals surface area (Å²) >= 11 is 0. The van der Waals surface area contributed by atoms with Gasteiger partial charge in [-0.15, -0.1) is 0 Å². The highest BCUT2D eigenvalue weighted by Crippen LogP contribution is 2.11. The Hall–Kier alpha value is -2.44. The molecule has 7 heteroatoms. The lowest BCUT2D eigenvalue weighted by atomic mass is 9.98. The fraction of sp³-hybridized carbons (Fsp3) is 0.429. The van der Waals surface area contributed by atoms with Gasteiger partial charge < -0.3 is 15.2 Å². The van der Waals surface area contributed by atoms with Gasteiger partial charge in [-0.05, 0) is 25.0 Å². The zero-order valence-electron chi connectivity index (χ0n) is 11.9. The van der Waals surface area contributed by atoms with Crippen LogP contribution in [0.5, 0.6) is 0 Å². The number of carboxylic acids is 1. The Morgan fingerprint density at radius 1 is 1.33 bits per heavy atom. The van der Waals surface area contributed by atoms with Crippen LogP contribution in [0.2, 0.25) is 0 Å². The highest BCUT2D eigenvalue weighted by atomic mass is 16.5. The minimum absolute atomic E-state index is 0.0819. The Morgan fingerprint density at radius 3 is 2.48 bits per heavy atom. The lowest BCUT2D eigenvalue weighted by Crippen LogP contribution is -2.45. The number of pyridine rings is 1. The lowest BCUT2D eigenvalue weighted by molar-refractivity contribution is -0.145. The van der Waals surface area contributed by atoms with Gasteiger partial charge >= 0.3 is 11.9 Å². The van der Waals surface area contributed by atoms with E-state index in [2.05, 4.69) is 10.3 Å². The van der Waals surface area contributed by atoms with Gasteiger partial charge in [0.1, 0.15) is 6.04 Å². The molecule has 0 aliphatic heterocycles. The van der Waals surface area contributed by atoms with E-state index >= 15 is 0 Å². The fourth-order valence-corrected chi connectivity index (χ4v) is 1.78. The van der Waals surface area contributed by atoms with Crippen LogP contribution >= 0.6 is 0 Å². The number of aromatic nitrogens is 1. The van der Waals surface area contributed by atoms with Crippen LogP contribution in [-0.4, -0.2) is 40.6 Å². The number of ether oxygens (including phenoxy) is 1. The summed E-state index contributed by atoms with van der Waals surface area (Å²) in [6.07, 6.45) is 2.79. The van der Waals surface area contributed by atoms with E-state index in [1.807, 2.05) is 0 Å². The van der Waals surface area contributed by atoms with Crippen LogP contribution in [-0.2, 0) is 14.3 Å². The van der Waals surface area contributed by atoms with Crippen LogP contribution in [0.3, 0.4) is 0 Å². The molecule has 2 atom stereocenters. The molecule has 0 saturated carbocycles. The topological polar surface area (TPSA) is 106 Å². The van der Waals surface area contributed by atoms with Gasteiger partial charge in [0.15, 0.2) is 0 Å². The Balaban J connectivity index is 2.71. The first-order valence-corrected chi connectivity index (χ1v) is 6.55. The number of carbonyl (C=O) groups is 3. The first kappa shape index (κ1) is 16.6. The van der Waals surface area contributed by atoms with Crippen molar-refractivity contribution >= 4 is 17.8 Å². The molecule has 1 heterocycles. The summed E-state index contributed by atoms with van der Waals surface area (Å²) in [7, 11) is 0. The largest absolute Gasteiger partial charge is 0.480 e. The summed E-state index contributed by atoms with van der Waals surface area (Å²) in [5.41, 5.74) is 0.305. The normalized spacial score (nSPS) is 13.0. The maximum Gasteiger partial charge on any atom is 0.326 e. The average molecular weight is 294 g/mol. The molecule has 1 aromatic heterocycles. The molecule has 0 aromatic carbocycles. The summed E-state index contributed by atoms with van der Waals surface area (Å²) in [5.74, 6) is -2.81. The van der Waals surface area contributed by atoms with Crippen molar-refractivity contribution in [3.8, 4) is 0 Å². The van der Waals surface area contributed by atoms with Gasteiger partial charge in [0, 0.05) is 18.0 Å². The summed E-state index contributed by atoms with van der Waals surface area (Å²) in [4.78, 5) is 38.4. The third kappa shape index (κ3) is 5.21. The monoisotopic (exact) mass is 294 g/mol. The molecule has 114 valence electrons. The summed E-state index contributed by atoms with van der Waals surface area (Å²) < 4.78 is 4.78. The van der Waals surface area contributed by atoms with Gasteiger partial charge in [0.05, 0.1) is 13.0 Å². The van der Waals surface area contributed by atoms with Crippen LogP contribution in [0.1, 0.15) is 30.6 Å². The molecule has 0 saturated heterocycles. The van der Waals surface area contributed by atoms with Crippen molar-refractivity contribution in [2.75, 3.05) is 6.61 Å². The molecule has 0 bridgehead atoms. The molecule has 0 unspecified atom stereocenters. The maximum absolute atomic E-state index is 12.0. The minimum atomic E-state index is -1.20. The van der Waals surface area contributed by atoms with Crippen LogP contribution in [0.4, 0.5) is 0 Å². The van der Waals surface area contributed by atoms with Gasteiger partial charge in [-0.3, -0.25) is 14.6 Å². The average Bonchev–Trinajstić information content (AvgIpc) is 2.45. The summed E-state index contributed by atoms with van der Waals surface area (Å²) in [5, 5.41) is 11.6. The van der Waals surface area contributed by atoms with Crippen molar-refractivity contribution in [3.63, 3.8) is 0 Å². The maximum atomic E-state index is 12.0. The van der Waals surface area contributed by atoms with Gasteiger partial charge in [0.2, 0.25) is 0 Å². The highest BCUT2D eigenvalue weighted by Gasteiger charge is 2.28. The van der Waals surface area contributed by atoms with Gasteiger partial charge in [-0.25, -0.2) is 4.79 Å². The molecule has 0 spiro atoms. The van der Waals surface area contributed by atoms with E-state index in [1.165, 1.54) is 24.5 Å². The molecular weight excluding hydrogens is 276 g/mol. The molecule has 1 aromatic rings. The molecule has 0 aliphatic carbocycles. The molecule has 2 N–H and O–H groups in total. The number of carboxylic acid groups (broad SMARTS) is 1. The third-order valence-electron chi connectivity index (χ3n) is 2.86. The van der Waals surface area contributed by atoms with Crippen LogP contribution in [0.15, 0.2) is 24.5 Å². The zero-order chi connectivity index (χ0) is 15.8. The van der Waals surface area contributed by atoms with Crippen LogP contribution in [0, 0.1) is 5.92 Å². The number of nitrogens with one attached hydrogen (secondary N) is 1. The van der Waals surface area contributed by atoms with Crippen molar-refractivity contribution in [1.29, 1.82) is 0 Å². The Kier molecular flexibility index (Phi) is 6.32. The van der Waals surface area contributed by atoms with E-state index in [-0.39, 0.29) is 13.0 Å². The molecule has 21 heavy (non-hydrogen) atoms. The minimum Gasteiger partial charge on any atom is -0.480 e. The second-order valence-electron chi connectivity index (χ2n) is 4.51. The number of esters is 1. The summed E-state index contributed by atoms with van der Waals surface area (Å²) in [6, 6.07) is 1.78. The third-order valence-corrected chi connectivity index (χ3v) is 2.86. The number of amides is 1. The van der Waals surface area contributed by atoms with Crippen molar-refractivity contribution in [2.24, 2.45) is 5.92 Å². The first-order valence-electron chi connectivity index (χ1n) is 6.55. The fourth-order valence-electron chi connectivity index (χ4n) is 1.78. The molecule has 7 nitrogen and oxygen atoms in total. The lowest BCUT2D eigenvalue weighted by Gasteiger charge is -2.20. The van der Waals surface area contributed by atoms with Crippen LogP contribution < -0.4 is 5.32 Å². The van der Waals surface area contributed by atoms with Gasteiger partial charge in [-0.2, -0.15) is 0 Å². The van der Waals surface area contributed by atoms with Crippen molar-refractivity contribution in [3.05, 3.63) is 30.1 Å². The predicted molar refractivity (Wildman–Crippen MR) is 73.5 cm³/mol. The SMILES string of the molecule is CCOC(=O)C[C@H](C)[C@H](NC(=O)c1ccncc1)C(=O)O. The quantitative estimate of drug-likeness (QED) is 0.722. The van der Waals surface area contributed by atoms with Gasteiger partial charge in [0.25, 0.3) is 5.91 Å². The van der Waals surface area contributed by atoms with E-state index in [9.17, 15) is 19.5 Å². The number of hydrogen-bond donors (Lipinski definition) is 2. The molecule has 0 fully saturated rings. The Morgan fingerprint density at radius 2 is 1.95 bits per heavy atom. The number of aliphatic carboxylic acids is 1. The van der Waals surface area contributed by atoms with Crippen molar-refractivity contribution < 1.29 is 24.2 Å². The van der Waals surface area contributed by atoms with E-state index in [0.29, 0.717) is 5.56 Å². The van der Waals surface area contributed by atoms with E-state index in [0.717, 1.165) is 0 Å². The molecule has 0 aliphatic rings. The van der Waals surface area contributed by atoms with Gasteiger partial charge in [-0.1, -0.05) is 6.92 Å². The molecule has 1 rings (SSSR count). The van der Waals surface area contributed by atoms with E-state index in [1.54, 1.807) is 13.8 Å². The molecule has 1 amide bonds. The van der Waals surface area contributed by atoms with Crippen LogP contribution in [0.25, 0.3) is 0 Å². The smallest absolute Gasteiger partial charge is 0.326 e. The van der Waals surface area contributed by atoms with Crippen molar-refractivity contribution in [2.45, 2.75) is 26.3 Å². The zero-order valence-corrected chi connectivity index (χ0v) is 11.9. The van der Waals surface area contributed by atoms with Crippen molar-refractivity contribution in [1.82, 2.24) is 10.3 Å².